The standard InChI is InChI=1S/C40H42O7S2/c1-25-8-10-29(11-9-25)28(4)47-49-19-7-17-45-34-15-13-31-22-30-12-14-33(44-16-6-18-48)23-35(30)37(36(31)24-34)40(42)46-38-26(2)20-32(21-27(38)3)39(41)43-5/h8-15,20-21,23-24,28,37H,1,6-7,16-19,22H2,2-5H3/p+1. The van der Waals surface area contributed by atoms with Gasteiger partial charge in [0.05, 0.1) is 37.0 Å². The average Bonchev–Trinajstić information content (AvgIpc) is 3.10. The monoisotopic (exact) mass is 699 g/mol. The van der Waals surface area contributed by atoms with Crippen LogP contribution in [0.1, 0.15) is 69.4 Å². The lowest BCUT2D eigenvalue weighted by molar-refractivity contribution is -0.135. The van der Waals surface area contributed by atoms with Crippen LogP contribution in [-0.4, -0.2) is 49.9 Å². The van der Waals surface area contributed by atoms with Crippen LogP contribution in [-0.2, 0) is 20.1 Å². The van der Waals surface area contributed by atoms with E-state index >= 15 is 0 Å². The molecular weight excluding hydrogens is 657 g/mol. The number of carbonyl (C=O) groups is 2. The van der Waals surface area contributed by atoms with Crippen molar-refractivity contribution in [3.05, 3.63) is 130 Å². The Bertz CT molecular complexity index is 1740. The Labute approximate surface area is 299 Å². The fourth-order valence-corrected chi connectivity index (χ4v) is 6.65. The van der Waals surface area contributed by atoms with Crippen LogP contribution in [0.15, 0.2) is 84.5 Å². The number of fused-ring (bicyclic) bond motifs is 2. The van der Waals surface area contributed by atoms with Crippen molar-refractivity contribution >= 4 is 36.6 Å². The molecule has 0 spiro atoms. The van der Waals surface area contributed by atoms with Gasteiger partial charge >= 0.3 is 11.9 Å². The lowest BCUT2D eigenvalue weighted by Crippen LogP contribution is -2.26. The Morgan fingerprint density at radius 2 is 1.59 bits per heavy atom. The molecule has 0 fully saturated rings. The van der Waals surface area contributed by atoms with Gasteiger partial charge in [-0.1, -0.05) is 12.1 Å². The van der Waals surface area contributed by atoms with Crippen LogP contribution < -0.4 is 14.2 Å². The molecule has 0 amide bonds. The molecule has 3 aromatic rings. The van der Waals surface area contributed by atoms with Crippen molar-refractivity contribution in [2.24, 2.45) is 0 Å². The molecule has 0 N–H and O–H groups in total. The minimum atomic E-state index is -0.710. The summed E-state index contributed by atoms with van der Waals surface area (Å²) in [5.74, 6) is 1.72. The van der Waals surface area contributed by atoms with Crippen molar-refractivity contribution in [2.75, 3.05) is 31.8 Å². The van der Waals surface area contributed by atoms with Crippen LogP contribution in [0.25, 0.3) is 0 Å². The molecule has 3 aromatic carbocycles. The van der Waals surface area contributed by atoms with Crippen LogP contribution in [0.4, 0.5) is 0 Å². The van der Waals surface area contributed by atoms with Crippen molar-refractivity contribution in [1.82, 2.24) is 0 Å². The first-order valence-electron chi connectivity index (χ1n) is 16.4. The lowest BCUT2D eigenvalue weighted by atomic mass is 9.78. The molecule has 9 heteroatoms. The molecule has 7 nitrogen and oxygen atoms in total. The SMILES string of the molecule is C=C1C=CC(C(C)OSCCCOc2ccc3c(c2)C(C(=O)Oc2c(C)cc(C(=O)OC)cc2C)c2cc(OCCCS)ccc2C3)=C[CH+]1. The third-order valence-corrected chi connectivity index (χ3v) is 9.63. The van der Waals surface area contributed by atoms with Gasteiger partial charge in [-0.15, -0.1) is 0 Å². The van der Waals surface area contributed by atoms with Crippen LogP contribution >= 0.6 is 24.7 Å². The van der Waals surface area contributed by atoms with E-state index in [-0.39, 0.29) is 6.10 Å². The highest BCUT2D eigenvalue weighted by Gasteiger charge is 2.34. The first-order chi connectivity index (χ1) is 23.7. The van der Waals surface area contributed by atoms with E-state index < -0.39 is 17.9 Å². The number of methoxy groups -OCH3 is 1. The van der Waals surface area contributed by atoms with Crippen LogP contribution in [0.5, 0.6) is 17.2 Å². The van der Waals surface area contributed by atoms with Gasteiger partial charge < -0.3 is 18.9 Å². The first-order valence-corrected chi connectivity index (χ1v) is 18.0. The van der Waals surface area contributed by atoms with Crippen molar-refractivity contribution in [1.29, 1.82) is 0 Å². The molecular formula is C40H43O7S2+. The van der Waals surface area contributed by atoms with Gasteiger partial charge in [0.25, 0.3) is 0 Å². The summed E-state index contributed by atoms with van der Waals surface area (Å²) in [5, 5.41) is 0. The molecule has 0 saturated heterocycles. The third-order valence-electron chi connectivity index (χ3n) is 8.43. The maximum Gasteiger partial charge on any atom is 0.337 e. The molecule has 0 saturated carbocycles. The Kier molecular flexibility index (Phi) is 12.6. The fourth-order valence-electron chi connectivity index (χ4n) is 5.87. The number of benzene rings is 3. The Morgan fingerprint density at radius 3 is 2.16 bits per heavy atom. The maximum atomic E-state index is 14.2. The lowest BCUT2D eigenvalue weighted by Gasteiger charge is -2.28. The summed E-state index contributed by atoms with van der Waals surface area (Å²) in [5.41, 5.74) is 7.56. The van der Waals surface area contributed by atoms with Gasteiger partial charge in [0.2, 0.25) is 0 Å². The molecule has 0 bridgehead atoms. The number of aryl methyl sites for hydroxylation is 2. The van der Waals surface area contributed by atoms with E-state index in [0.29, 0.717) is 53.6 Å². The summed E-state index contributed by atoms with van der Waals surface area (Å²) in [7, 11) is 1.34. The second kappa shape index (κ2) is 17.1. The minimum absolute atomic E-state index is 0.0287. The summed E-state index contributed by atoms with van der Waals surface area (Å²) in [6.07, 6.45) is 10.3. The van der Waals surface area contributed by atoms with Crippen LogP contribution in [0.2, 0.25) is 0 Å². The maximum absolute atomic E-state index is 14.2. The smallest absolute Gasteiger partial charge is 0.337 e. The molecule has 2 aliphatic rings. The Hall–Kier alpha value is -4.05. The van der Waals surface area contributed by atoms with Crippen LogP contribution in [0.3, 0.4) is 0 Å². The topological polar surface area (TPSA) is 80.3 Å². The molecule has 49 heavy (non-hydrogen) atoms. The van der Waals surface area contributed by atoms with Gasteiger partial charge in [-0.3, -0.25) is 8.98 Å². The molecule has 0 radical (unpaired) electrons. The van der Waals surface area contributed by atoms with Gasteiger partial charge in [0.1, 0.15) is 29.3 Å². The summed E-state index contributed by atoms with van der Waals surface area (Å²) in [6, 6.07) is 15.2. The second-order valence-corrected chi connectivity index (χ2v) is 13.4. The van der Waals surface area contributed by atoms with E-state index in [2.05, 4.69) is 19.2 Å². The number of rotatable bonds is 15. The van der Waals surface area contributed by atoms with E-state index in [1.807, 2.05) is 81.8 Å². The quantitative estimate of drug-likeness (QED) is 0.0423. The largest absolute Gasteiger partial charge is 0.494 e. The normalized spacial score (nSPS) is 15.3. The third kappa shape index (κ3) is 9.15. The zero-order valence-corrected chi connectivity index (χ0v) is 30.2. The van der Waals surface area contributed by atoms with Crippen molar-refractivity contribution in [3.8, 4) is 17.2 Å². The summed E-state index contributed by atoms with van der Waals surface area (Å²) in [6.45, 7) is 10.6. The van der Waals surface area contributed by atoms with E-state index in [1.165, 1.54) is 19.2 Å². The van der Waals surface area contributed by atoms with E-state index in [4.69, 9.17) is 23.1 Å². The zero-order valence-electron chi connectivity index (χ0n) is 28.5. The number of thiol groups is 1. The van der Waals surface area contributed by atoms with Gasteiger partial charge in [0, 0.05) is 30.4 Å². The summed E-state index contributed by atoms with van der Waals surface area (Å²) >= 11 is 5.72. The number of allylic oxidation sites excluding steroid dienone is 3. The number of hydrogen-bond donors (Lipinski definition) is 1. The highest BCUT2D eigenvalue weighted by atomic mass is 32.2. The molecule has 5 rings (SSSR count). The van der Waals surface area contributed by atoms with Crippen LogP contribution in [0, 0.1) is 20.3 Å². The van der Waals surface area contributed by atoms with Gasteiger partial charge in [-0.2, -0.15) is 12.6 Å². The number of carbonyl (C=O) groups excluding carboxylic acids is 2. The fraction of sp³-hybridized carbons (Fsp3) is 0.325. The molecule has 2 atom stereocenters. The minimum Gasteiger partial charge on any atom is -0.494 e. The predicted octanol–water partition coefficient (Wildman–Crippen LogP) is 8.51. The average molecular weight is 700 g/mol. The van der Waals surface area contributed by atoms with Gasteiger partial charge in [0.15, 0.2) is 0 Å². The number of ether oxygens (including phenoxy) is 4. The molecule has 2 unspecified atom stereocenters. The highest BCUT2D eigenvalue weighted by molar-refractivity contribution is 7.94. The summed E-state index contributed by atoms with van der Waals surface area (Å²) in [4.78, 5) is 26.4. The van der Waals surface area contributed by atoms with E-state index in [9.17, 15) is 9.59 Å². The number of esters is 2. The number of hydrogen-bond acceptors (Lipinski definition) is 9. The van der Waals surface area contributed by atoms with E-state index in [0.717, 1.165) is 57.7 Å². The van der Waals surface area contributed by atoms with Gasteiger partial charge in [-0.25, -0.2) is 4.79 Å². The Balaban J connectivity index is 1.32. The summed E-state index contributed by atoms with van der Waals surface area (Å²) < 4.78 is 29.2. The van der Waals surface area contributed by atoms with Crippen molar-refractivity contribution in [3.63, 3.8) is 0 Å². The molecule has 0 heterocycles. The Morgan fingerprint density at radius 1 is 0.959 bits per heavy atom. The molecule has 256 valence electrons. The zero-order chi connectivity index (χ0) is 34.9. The predicted molar refractivity (Wildman–Crippen MR) is 198 cm³/mol. The highest BCUT2D eigenvalue weighted by Crippen LogP contribution is 2.41. The molecule has 0 aliphatic heterocycles. The molecule has 2 aliphatic carbocycles. The van der Waals surface area contributed by atoms with Crippen molar-refractivity contribution in [2.45, 2.75) is 52.1 Å². The van der Waals surface area contributed by atoms with Crippen molar-refractivity contribution < 1.29 is 32.7 Å². The molecule has 0 aromatic heterocycles. The van der Waals surface area contributed by atoms with Gasteiger partial charge in [-0.05, 0) is 134 Å². The second-order valence-electron chi connectivity index (χ2n) is 12.1. The van der Waals surface area contributed by atoms with E-state index in [1.54, 1.807) is 12.1 Å². The first kappa shape index (κ1) is 36.2.